The van der Waals surface area contributed by atoms with Crippen molar-refractivity contribution in [3.63, 3.8) is 0 Å². The third-order valence-electron chi connectivity index (χ3n) is 3.07. The molecule has 0 amide bonds. The number of rotatable bonds is 11. The van der Waals surface area contributed by atoms with E-state index in [1.807, 2.05) is 24.3 Å². The number of carbonyl (C=O) groups is 2. The fourth-order valence-electron chi connectivity index (χ4n) is 1.79. The van der Waals surface area contributed by atoms with E-state index in [2.05, 4.69) is 5.16 Å². The molecule has 0 fully saturated rings. The van der Waals surface area contributed by atoms with Gasteiger partial charge in [-0.2, -0.15) is 0 Å². The zero-order chi connectivity index (χ0) is 21.4. The van der Waals surface area contributed by atoms with E-state index in [0.29, 0.717) is 31.2 Å². The Bertz CT molecular complexity index is 676. The van der Waals surface area contributed by atoms with E-state index in [1.54, 1.807) is 6.26 Å². The lowest BCUT2D eigenvalue weighted by atomic mass is 10.1. The van der Waals surface area contributed by atoms with Gasteiger partial charge >= 0.3 is 11.9 Å². The van der Waals surface area contributed by atoms with Crippen LogP contribution < -0.4 is 5.73 Å². The van der Waals surface area contributed by atoms with Crippen molar-refractivity contribution in [3.8, 4) is 0 Å². The minimum atomic E-state index is -1.26. The topological polar surface area (TPSA) is 139 Å². The third-order valence-corrected chi connectivity index (χ3v) is 4.27. The van der Waals surface area contributed by atoms with Gasteiger partial charge in [-0.25, -0.2) is 9.59 Å². The second kappa shape index (κ2) is 15.8. The highest BCUT2D eigenvalue weighted by Crippen LogP contribution is 2.13. The zero-order valence-electron chi connectivity index (χ0n) is 15.5. The van der Waals surface area contributed by atoms with Gasteiger partial charge in [-0.1, -0.05) is 17.3 Å². The molecule has 0 radical (unpaired) electrons. The average molecular weight is 433 g/mol. The summed E-state index contributed by atoms with van der Waals surface area (Å²) in [5.74, 6) is -1.87. The largest absolute Gasteiger partial charge is 0.478 e. The molecule has 0 saturated heterocycles. The highest BCUT2D eigenvalue weighted by atomic mass is 35.5. The van der Waals surface area contributed by atoms with Crippen LogP contribution in [0.2, 0.25) is 0 Å². The van der Waals surface area contributed by atoms with Gasteiger partial charge in [0.05, 0.1) is 5.71 Å². The number of carboxylic acid groups (broad SMARTS) is 2. The number of oxime groups is 1. The number of nitrogens with two attached hydrogens (primary N) is 1. The van der Waals surface area contributed by atoms with E-state index in [0.717, 1.165) is 35.4 Å². The van der Waals surface area contributed by atoms with Crippen molar-refractivity contribution in [2.24, 2.45) is 10.9 Å². The van der Waals surface area contributed by atoms with Crippen molar-refractivity contribution in [1.82, 2.24) is 0 Å². The maximum absolute atomic E-state index is 11.4. The molecular formula is C18H25ClN2O6S. The number of hydrogen-bond donors (Lipinski definition) is 3. The maximum atomic E-state index is 11.4. The number of halogens is 1. The molecule has 1 aromatic rings. The van der Waals surface area contributed by atoms with Gasteiger partial charge in [0.1, 0.15) is 6.61 Å². The molecule has 1 atom stereocenters. The lowest BCUT2D eigenvalue weighted by molar-refractivity contribution is -0.134. The molecule has 1 unspecified atom stereocenters. The molecule has 0 aliphatic heterocycles. The molecule has 4 N–H and O–H groups in total. The molecule has 0 aromatic heterocycles. The van der Waals surface area contributed by atoms with Crippen molar-refractivity contribution >= 4 is 40.1 Å². The number of hydrogen-bond acceptors (Lipinski definition) is 6. The van der Waals surface area contributed by atoms with E-state index in [9.17, 15) is 13.8 Å². The molecule has 0 spiro atoms. The molecule has 10 heteroatoms. The number of unbranched alkanes of at least 4 members (excludes halogenated alkanes) is 1. The highest BCUT2D eigenvalue weighted by Gasteiger charge is 2.06. The predicted molar refractivity (Wildman–Crippen MR) is 109 cm³/mol. The number of benzene rings is 1. The van der Waals surface area contributed by atoms with Crippen molar-refractivity contribution in [2.75, 3.05) is 25.3 Å². The van der Waals surface area contributed by atoms with Crippen LogP contribution in [0.4, 0.5) is 0 Å². The van der Waals surface area contributed by atoms with Crippen LogP contribution in [0.5, 0.6) is 0 Å². The standard InChI is InChI=1S/C14H21ClN2O2S.C4H4O4/c1-20(18)13-7-5-12(6-8-13)14(4-2-3-9-15)17-19-11-10-16;5-3(6)1-2-4(7)8/h5-8H,2-4,9-11,16H2,1H3;1-2H,(H,5,6)(H,7,8)/b;2-1+. The zero-order valence-corrected chi connectivity index (χ0v) is 17.1. The van der Waals surface area contributed by atoms with Crippen LogP contribution >= 0.6 is 11.6 Å². The number of alkyl halides is 1. The van der Waals surface area contributed by atoms with Crippen LogP contribution in [0, 0.1) is 0 Å². The quantitative estimate of drug-likeness (QED) is 0.160. The van der Waals surface area contributed by atoms with Gasteiger partial charge in [0.2, 0.25) is 0 Å². The lowest BCUT2D eigenvalue weighted by Gasteiger charge is -2.07. The Hall–Kier alpha value is -2.23. The fraction of sp³-hybridized carbons (Fsp3) is 0.389. The van der Waals surface area contributed by atoms with Crippen LogP contribution in [0.3, 0.4) is 0 Å². The Kier molecular flexibility index (Phi) is 14.5. The third kappa shape index (κ3) is 13.0. The van der Waals surface area contributed by atoms with E-state index in [-0.39, 0.29) is 0 Å². The molecule has 1 aromatic carbocycles. The van der Waals surface area contributed by atoms with Crippen molar-refractivity contribution in [2.45, 2.75) is 24.2 Å². The van der Waals surface area contributed by atoms with Crippen LogP contribution in [0.1, 0.15) is 24.8 Å². The monoisotopic (exact) mass is 432 g/mol. The van der Waals surface area contributed by atoms with E-state index in [1.165, 1.54) is 0 Å². The van der Waals surface area contributed by atoms with Gasteiger partial charge in [0.25, 0.3) is 0 Å². The van der Waals surface area contributed by atoms with Gasteiger partial charge in [-0.3, -0.25) is 4.21 Å². The van der Waals surface area contributed by atoms with E-state index in [4.69, 9.17) is 32.4 Å². The molecule has 156 valence electrons. The molecule has 0 bridgehead atoms. The lowest BCUT2D eigenvalue weighted by Crippen LogP contribution is -2.08. The molecule has 0 heterocycles. The minimum Gasteiger partial charge on any atom is -0.478 e. The molecule has 1 rings (SSSR count). The first kappa shape index (κ1) is 25.8. The molecule has 8 nitrogen and oxygen atoms in total. The summed E-state index contributed by atoms with van der Waals surface area (Å²) in [5.41, 5.74) is 7.23. The first-order valence-electron chi connectivity index (χ1n) is 8.34. The first-order chi connectivity index (χ1) is 13.3. The minimum absolute atomic E-state index is 0.399. The molecule has 0 saturated carbocycles. The Morgan fingerprint density at radius 2 is 1.75 bits per heavy atom. The van der Waals surface area contributed by atoms with E-state index >= 15 is 0 Å². The molecule has 0 aliphatic rings. The fourth-order valence-corrected chi connectivity index (χ4v) is 2.50. The van der Waals surface area contributed by atoms with Gasteiger partial charge in [-0.15, -0.1) is 11.6 Å². The predicted octanol–water partition coefficient (Wildman–Crippen LogP) is 2.22. The van der Waals surface area contributed by atoms with E-state index < -0.39 is 22.7 Å². The molecule has 0 aliphatic carbocycles. The highest BCUT2D eigenvalue weighted by molar-refractivity contribution is 7.84. The summed E-state index contributed by atoms with van der Waals surface area (Å²) in [6.45, 7) is 0.836. The smallest absolute Gasteiger partial charge is 0.328 e. The summed E-state index contributed by atoms with van der Waals surface area (Å²) >= 11 is 5.69. The second-order valence-corrected chi connectivity index (χ2v) is 7.05. The van der Waals surface area contributed by atoms with Gasteiger partial charge < -0.3 is 20.8 Å². The average Bonchev–Trinajstić information content (AvgIpc) is 2.66. The number of aliphatic carboxylic acids is 2. The van der Waals surface area contributed by atoms with Crippen LogP contribution in [0.15, 0.2) is 46.5 Å². The summed E-state index contributed by atoms with van der Waals surface area (Å²) in [7, 11) is -0.969. The summed E-state index contributed by atoms with van der Waals surface area (Å²) < 4.78 is 11.4. The van der Waals surface area contributed by atoms with Crippen LogP contribution in [-0.2, 0) is 25.2 Å². The number of nitrogens with zero attached hydrogens (tertiary/aromatic N) is 1. The molecule has 28 heavy (non-hydrogen) atoms. The van der Waals surface area contributed by atoms with Crippen molar-refractivity contribution < 1.29 is 28.8 Å². The van der Waals surface area contributed by atoms with Gasteiger partial charge in [0, 0.05) is 46.5 Å². The van der Waals surface area contributed by atoms with Crippen LogP contribution in [-0.4, -0.2) is 57.4 Å². The van der Waals surface area contributed by atoms with Crippen molar-refractivity contribution in [3.05, 3.63) is 42.0 Å². The Labute approximate surface area is 171 Å². The normalized spacial score (nSPS) is 12.2. The van der Waals surface area contributed by atoms with Crippen molar-refractivity contribution in [1.29, 1.82) is 0 Å². The second-order valence-electron chi connectivity index (χ2n) is 5.29. The Morgan fingerprint density at radius 1 is 1.18 bits per heavy atom. The summed E-state index contributed by atoms with van der Waals surface area (Å²) in [6, 6.07) is 7.54. The summed E-state index contributed by atoms with van der Waals surface area (Å²) in [5, 5.41) is 19.8. The molecular weight excluding hydrogens is 408 g/mol. The van der Waals surface area contributed by atoms with Gasteiger partial charge in [0.15, 0.2) is 0 Å². The summed E-state index contributed by atoms with van der Waals surface area (Å²) in [4.78, 5) is 25.1. The Balaban J connectivity index is 0.000000769. The van der Waals surface area contributed by atoms with Gasteiger partial charge in [-0.05, 0) is 37.0 Å². The first-order valence-corrected chi connectivity index (χ1v) is 10.4. The van der Waals surface area contributed by atoms with Crippen LogP contribution in [0.25, 0.3) is 0 Å². The number of carboxylic acids is 2. The SMILES string of the molecule is CS(=O)c1ccc(C(CCCCCl)=NOCCN)cc1.O=C(O)/C=C/C(=O)O. The maximum Gasteiger partial charge on any atom is 0.328 e. The summed E-state index contributed by atoms with van der Waals surface area (Å²) in [6.07, 6.45) is 5.47. The Morgan fingerprint density at radius 3 is 2.18 bits per heavy atom.